The molecule has 0 bridgehead atoms. The maximum Gasteiger partial charge on any atom is 0.225 e. The van der Waals surface area contributed by atoms with E-state index in [9.17, 15) is 9.18 Å². The average molecular weight is 476 g/mol. The zero-order valence-electron chi connectivity index (χ0n) is 20.0. The molecule has 0 unspecified atom stereocenters. The average Bonchev–Trinajstić information content (AvgIpc) is 3.25. The van der Waals surface area contributed by atoms with Crippen LogP contribution in [0.2, 0.25) is 0 Å². The van der Waals surface area contributed by atoms with Crippen molar-refractivity contribution < 1.29 is 13.9 Å². The number of amides is 1. The van der Waals surface area contributed by atoms with Crippen LogP contribution in [0.3, 0.4) is 0 Å². The van der Waals surface area contributed by atoms with Gasteiger partial charge in [-0.2, -0.15) is 5.10 Å². The van der Waals surface area contributed by atoms with Crippen LogP contribution in [0.25, 0.3) is 16.6 Å². The Morgan fingerprint density at radius 1 is 1.06 bits per heavy atom. The van der Waals surface area contributed by atoms with Crippen molar-refractivity contribution in [1.29, 1.82) is 0 Å². The monoisotopic (exact) mass is 475 g/mol. The Morgan fingerprint density at radius 3 is 2.37 bits per heavy atom. The van der Waals surface area contributed by atoms with Crippen LogP contribution in [0, 0.1) is 11.2 Å². The lowest BCUT2D eigenvalue weighted by Gasteiger charge is -2.31. The van der Waals surface area contributed by atoms with Gasteiger partial charge in [0.1, 0.15) is 17.7 Å². The first-order chi connectivity index (χ1) is 16.3. The molecule has 0 aliphatic heterocycles. The molecule has 1 N–H and O–H groups in total. The second-order valence-corrected chi connectivity index (χ2v) is 9.44. The molecule has 0 aliphatic rings. The Morgan fingerprint density at radius 2 is 1.74 bits per heavy atom. The highest BCUT2D eigenvalue weighted by Gasteiger charge is 2.30. The van der Waals surface area contributed by atoms with Crippen molar-refractivity contribution in [3.05, 3.63) is 90.4 Å². The first-order valence-electron chi connectivity index (χ1n) is 11.5. The molecule has 6 heteroatoms. The fourth-order valence-corrected chi connectivity index (χ4v) is 3.82. The number of fused-ring (bicyclic) bond motifs is 1. The molecule has 0 spiro atoms. The van der Waals surface area contributed by atoms with Crippen LogP contribution in [0.5, 0.6) is 5.75 Å². The maximum absolute atomic E-state index is 13.3. The normalized spacial score (nSPS) is 13.1. The van der Waals surface area contributed by atoms with Crippen LogP contribution in [0.1, 0.15) is 53.2 Å². The van der Waals surface area contributed by atoms with Crippen LogP contribution in [-0.4, -0.2) is 21.7 Å². The van der Waals surface area contributed by atoms with Gasteiger partial charge in [-0.05, 0) is 54.4 Å². The molecule has 1 amide bonds. The van der Waals surface area contributed by atoms with Gasteiger partial charge in [0.2, 0.25) is 5.91 Å². The third-order valence-corrected chi connectivity index (χ3v) is 5.80. The van der Waals surface area contributed by atoms with E-state index in [4.69, 9.17) is 4.74 Å². The second kappa shape index (κ2) is 10.7. The van der Waals surface area contributed by atoms with Gasteiger partial charge in [-0.25, -0.2) is 9.07 Å². The molecule has 4 aromatic rings. The predicted molar refractivity (Wildman–Crippen MR) is 139 cm³/mol. The van der Waals surface area contributed by atoms with Gasteiger partial charge >= 0.3 is 0 Å². The van der Waals surface area contributed by atoms with Crippen molar-refractivity contribution in [2.24, 2.45) is 5.41 Å². The molecule has 0 radical (unpaired) electrons. The summed E-state index contributed by atoms with van der Waals surface area (Å²) in [5, 5.41) is 8.56. The summed E-state index contributed by atoms with van der Waals surface area (Å²) in [7, 11) is 0. The fourth-order valence-electron chi connectivity index (χ4n) is 3.82. The standard InChI is InChI=1S/C28H30FN3O2.CH4/c1-5-24(31-27(33)28(2,3)4)26(19-9-7-6-8-10-19)34-23-15-16-25-20(17-23)18-30-32(25)22-13-11-21(29)12-14-22;/h6-18,24,26H,5H2,1-4H3,(H,31,33);1H4/t24-,26+;/m0./s1. The summed E-state index contributed by atoms with van der Waals surface area (Å²) < 4.78 is 21.6. The number of benzene rings is 3. The number of hydrogen-bond donors (Lipinski definition) is 1. The number of nitrogens with one attached hydrogen (secondary N) is 1. The van der Waals surface area contributed by atoms with Gasteiger partial charge in [-0.15, -0.1) is 0 Å². The first kappa shape index (κ1) is 25.9. The highest BCUT2D eigenvalue weighted by Crippen LogP contribution is 2.30. The number of ether oxygens (including phenoxy) is 1. The molecule has 2 atom stereocenters. The summed E-state index contributed by atoms with van der Waals surface area (Å²) in [6, 6.07) is 21.7. The first-order valence-corrected chi connectivity index (χ1v) is 11.5. The van der Waals surface area contributed by atoms with E-state index in [1.807, 2.05) is 76.2 Å². The van der Waals surface area contributed by atoms with E-state index in [1.165, 1.54) is 12.1 Å². The van der Waals surface area contributed by atoms with E-state index in [0.717, 1.165) is 22.2 Å². The Bertz CT molecular complexity index is 1260. The summed E-state index contributed by atoms with van der Waals surface area (Å²) >= 11 is 0. The Hall–Kier alpha value is -3.67. The zero-order valence-corrected chi connectivity index (χ0v) is 20.0. The van der Waals surface area contributed by atoms with Crippen LogP contribution >= 0.6 is 0 Å². The van der Waals surface area contributed by atoms with Gasteiger partial charge in [0, 0.05) is 10.8 Å². The largest absolute Gasteiger partial charge is 0.484 e. The van der Waals surface area contributed by atoms with E-state index in [0.29, 0.717) is 12.2 Å². The van der Waals surface area contributed by atoms with Crippen LogP contribution in [0.4, 0.5) is 4.39 Å². The lowest BCUT2D eigenvalue weighted by Crippen LogP contribution is -2.45. The molecule has 1 aromatic heterocycles. The third-order valence-electron chi connectivity index (χ3n) is 5.80. The Kier molecular flexibility index (Phi) is 7.95. The molecule has 35 heavy (non-hydrogen) atoms. The summed E-state index contributed by atoms with van der Waals surface area (Å²) in [4.78, 5) is 12.8. The van der Waals surface area contributed by atoms with Gasteiger partial charge in [-0.1, -0.05) is 65.5 Å². The molecule has 184 valence electrons. The number of carbonyl (C=O) groups excluding carboxylic acids is 1. The van der Waals surface area contributed by atoms with Crippen molar-refractivity contribution in [1.82, 2.24) is 15.1 Å². The lowest BCUT2D eigenvalue weighted by atomic mass is 9.93. The number of hydrogen-bond acceptors (Lipinski definition) is 3. The number of rotatable bonds is 7. The molecule has 5 nitrogen and oxygen atoms in total. The minimum atomic E-state index is -0.498. The van der Waals surface area contributed by atoms with Crippen molar-refractivity contribution in [3.63, 3.8) is 0 Å². The summed E-state index contributed by atoms with van der Waals surface area (Å²) in [6.07, 6.45) is 2.12. The lowest BCUT2D eigenvalue weighted by molar-refractivity contribution is -0.130. The van der Waals surface area contributed by atoms with Gasteiger partial charge < -0.3 is 10.1 Å². The van der Waals surface area contributed by atoms with Gasteiger partial charge in [-0.3, -0.25) is 4.79 Å². The molecule has 0 saturated carbocycles. The van der Waals surface area contributed by atoms with E-state index in [-0.39, 0.29) is 31.3 Å². The number of carbonyl (C=O) groups is 1. The van der Waals surface area contributed by atoms with Gasteiger partial charge in [0.25, 0.3) is 0 Å². The second-order valence-electron chi connectivity index (χ2n) is 9.44. The van der Waals surface area contributed by atoms with E-state index < -0.39 is 5.41 Å². The minimum absolute atomic E-state index is 0. The van der Waals surface area contributed by atoms with Gasteiger partial charge in [0.05, 0.1) is 23.4 Å². The topological polar surface area (TPSA) is 56.1 Å². The van der Waals surface area contributed by atoms with E-state index >= 15 is 0 Å². The summed E-state index contributed by atoms with van der Waals surface area (Å²) in [6.45, 7) is 7.75. The molecule has 0 aliphatic carbocycles. The number of nitrogens with zero attached hydrogens (tertiary/aromatic N) is 2. The van der Waals surface area contributed by atoms with Crippen molar-refractivity contribution in [2.45, 2.75) is 53.7 Å². The van der Waals surface area contributed by atoms with Gasteiger partial charge in [0.15, 0.2) is 0 Å². The molecule has 0 fully saturated rings. The number of aromatic nitrogens is 2. The van der Waals surface area contributed by atoms with Crippen molar-refractivity contribution in [2.75, 3.05) is 0 Å². The highest BCUT2D eigenvalue weighted by atomic mass is 19.1. The maximum atomic E-state index is 13.3. The third kappa shape index (κ3) is 5.88. The molecule has 0 saturated heterocycles. The Labute approximate surface area is 206 Å². The summed E-state index contributed by atoms with van der Waals surface area (Å²) in [5.74, 6) is 0.384. The van der Waals surface area contributed by atoms with Crippen LogP contribution < -0.4 is 10.1 Å². The highest BCUT2D eigenvalue weighted by molar-refractivity contribution is 5.82. The number of halogens is 1. The molecule has 4 rings (SSSR count). The van der Waals surface area contributed by atoms with Crippen molar-refractivity contribution in [3.8, 4) is 11.4 Å². The smallest absolute Gasteiger partial charge is 0.225 e. The SMILES string of the molecule is C.CC[C@H](NC(=O)C(C)(C)C)[C@H](Oc1ccc2c(cnn2-c2ccc(F)cc2)c1)c1ccccc1. The van der Waals surface area contributed by atoms with Crippen LogP contribution in [0.15, 0.2) is 79.0 Å². The van der Waals surface area contributed by atoms with E-state index in [1.54, 1.807) is 23.0 Å². The zero-order chi connectivity index (χ0) is 24.3. The summed E-state index contributed by atoms with van der Waals surface area (Å²) in [5.41, 5.74) is 2.17. The molecular weight excluding hydrogens is 441 g/mol. The van der Waals surface area contributed by atoms with E-state index in [2.05, 4.69) is 10.4 Å². The Balaban J connectivity index is 0.00000342. The minimum Gasteiger partial charge on any atom is -0.484 e. The quantitative estimate of drug-likeness (QED) is 0.318. The van der Waals surface area contributed by atoms with Crippen LogP contribution in [-0.2, 0) is 4.79 Å². The molecule has 1 heterocycles. The predicted octanol–water partition coefficient (Wildman–Crippen LogP) is 6.86. The molecular formula is C29H34FN3O2. The molecule has 3 aromatic carbocycles. The van der Waals surface area contributed by atoms with Crippen molar-refractivity contribution >= 4 is 16.8 Å². The fraction of sp³-hybridized carbons (Fsp3) is 0.310.